The van der Waals surface area contributed by atoms with Crippen molar-refractivity contribution in [2.24, 2.45) is 0 Å². The molecule has 0 aliphatic carbocycles. The molecule has 0 fully saturated rings. The fraction of sp³-hybridized carbons (Fsp3) is 0.391. The largest absolute Gasteiger partial charge is 0.490 e. The summed E-state index contributed by atoms with van der Waals surface area (Å²) in [5.74, 6) is -4.91. The average molecular weight is 677 g/mol. The summed E-state index contributed by atoms with van der Waals surface area (Å²) in [6.45, 7) is 3.17. The monoisotopic (exact) mass is 676 g/mol. The van der Waals surface area contributed by atoms with Crippen molar-refractivity contribution in [3.8, 4) is 0 Å². The number of anilines is 1. The fourth-order valence-electron chi connectivity index (χ4n) is 2.75. The molecule has 14 nitrogen and oxygen atoms in total. The van der Waals surface area contributed by atoms with Gasteiger partial charge in [0.2, 0.25) is 10.0 Å². The number of halogens is 7. The van der Waals surface area contributed by atoms with Gasteiger partial charge in [0.1, 0.15) is 17.5 Å². The minimum atomic E-state index is -5.08. The predicted molar refractivity (Wildman–Crippen MR) is 141 cm³/mol. The highest BCUT2D eigenvalue weighted by atomic mass is 32.2. The van der Waals surface area contributed by atoms with Gasteiger partial charge in [0.15, 0.2) is 0 Å². The molecule has 1 aromatic carbocycles. The molecular formula is C23H27F7N8O6S. The predicted octanol–water partition coefficient (Wildman–Crippen LogP) is 1.66. The van der Waals surface area contributed by atoms with Gasteiger partial charge in [-0.05, 0) is 24.6 Å². The van der Waals surface area contributed by atoms with Gasteiger partial charge < -0.3 is 21.3 Å². The summed E-state index contributed by atoms with van der Waals surface area (Å²) in [4.78, 5) is 26.1. The van der Waals surface area contributed by atoms with Gasteiger partial charge in [0, 0.05) is 44.0 Å². The number of nitrogens with zero attached hydrogens (tertiary/aromatic N) is 5. The van der Waals surface area contributed by atoms with Gasteiger partial charge in [-0.15, -0.1) is 5.10 Å². The van der Waals surface area contributed by atoms with E-state index >= 15 is 0 Å². The number of aryl methyl sites for hydroxylation is 1. The van der Waals surface area contributed by atoms with E-state index in [-0.39, 0.29) is 18.1 Å². The van der Waals surface area contributed by atoms with Gasteiger partial charge in [-0.1, -0.05) is 17.3 Å². The van der Waals surface area contributed by atoms with Crippen molar-refractivity contribution in [2.45, 2.75) is 38.8 Å². The normalized spacial score (nSPS) is 11.6. The van der Waals surface area contributed by atoms with Crippen molar-refractivity contribution < 1.29 is 59.0 Å². The number of nitrogen functional groups attached to an aromatic ring is 1. The van der Waals surface area contributed by atoms with Gasteiger partial charge in [-0.3, -0.25) is 0 Å². The van der Waals surface area contributed by atoms with Gasteiger partial charge in [0.25, 0.3) is 0 Å². The summed E-state index contributed by atoms with van der Waals surface area (Å²) >= 11 is 0. The van der Waals surface area contributed by atoms with Crippen LogP contribution in [0, 0.1) is 12.7 Å². The second-order valence-corrected chi connectivity index (χ2v) is 10.5. The minimum Gasteiger partial charge on any atom is -0.475 e. The maximum Gasteiger partial charge on any atom is 0.490 e. The van der Waals surface area contributed by atoms with E-state index in [0.717, 1.165) is 11.3 Å². The molecule has 0 aliphatic heterocycles. The molecule has 0 spiro atoms. The van der Waals surface area contributed by atoms with E-state index in [4.69, 9.17) is 25.5 Å². The van der Waals surface area contributed by atoms with Crippen molar-refractivity contribution in [2.75, 3.05) is 24.6 Å². The van der Waals surface area contributed by atoms with Crippen molar-refractivity contribution in [3.05, 3.63) is 65.1 Å². The lowest BCUT2D eigenvalue weighted by molar-refractivity contribution is -0.193. The molecule has 22 heteroatoms. The number of alkyl halides is 6. The average Bonchev–Trinajstić information content (AvgIpc) is 3.36. The van der Waals surface area contributed by atoms with Crippen molar-refractivity contribution in [3.63, 3.8) is 0 Å². The lowest BCUT2D eigenvalue weighted by Crippen LogP contribution is -2.32. The van der Waals surface area contributed by atoms with E-state index in [1.807, 2.05) is 6.20 Å². The highest BCUT2D eigenvalue weighted by Crippen LogP contribution is 2.14. The maximum absolute atomic E-state index is 12.9. The van der Waals surface area contributed by atoms with Crippen molar-refractivity contribution in [1.82, 2.24) is 35.0 Å². The molecule has 3 aromatic rings. The Hall–Kier alpha value is -4.44. The second-order valence-electron chi connectivity index (χ2n) is 8.61. The number of carboxylic acids is 2. The smallest absolute Gasteiger partial charge is 0.475 e. The molecule has 0 radical (unpaired) electrons. The van der Waals surface area contributed by atoms with Crippen LogP contribution in [0.4, 0.5) is 36.6 Å². The van der Waals surface area contributed by atoms with Crippen LogP contribution in [0.15, 0.2) is 36.7 Å². The number of nitrogens with one attached hydrogen (secondary N) is 2. The Labute approximate surface area is 250 Å². The molecule has 0 unspecified atom stereocenters. The molecule has 0 aliphatic rings. The van der Waals surface area contributed by atoms with Gasteiger partial charge in [-0.2, -0.15) is 26.3 Å². The zero-order valence-corrected chi connectivity index (χ0v) is 23.9. The number of hydrogen-bond donors (Lipinski definition) is 5. The lowest BCUT2D eigenvalue weighted by Gasteiger charge is -2.07. The first-order valence-corrected chi connectivity index (χ1v) is 13.8. The molecule has 0 atom stereocenters. The van der Waals surface area contributed by atoms with Crippen LogP contribution in [0.1, 0.15) is 22.6 Å². The van der Waals surface area contributed by atoms with Crippen LogP contribution in [0.3, 0.4) is 0 Å². The molecule has 0 bridgehead atoms. The highest BCUT2D eigenvalue weighted by molar-refractivity contribution is 7.89. The third kappa shape index (κ3) is 16.3. The van der Waals surface area contributed by atoms with Crippen molar-refractivity contribution >= 4 is 27.8 Å². The molecule has 250 valence electrons. The summed E-state index contributed by atoms with van der Waals surface area (Å²) < 4.78 is 105. The van der Waals surface area contributed by atoms with Gasteiger partial charge >= 0.3 is 24.3 Å². The first-order valence-electron chi connectivity index (χ1n) is 12.2. The van der Waals surface area contributed by atoms with Crippen LogP contribution in [-0.4, -0.2) is 86.7 Å². The van der Waals surface area contributed by atoms with E-state index < -0.39 is 34.3 Å². The van der Waals surface area contributed by atoms with Gasteiger partial charge in [0.05, 0.1) is 18.0 Å². The van der Waals surface area contributed by atoms with Crippen LogP contribution in [0.2, 0.25) is 0 Å². The van der Waals surface area contributed by atoms with E-state index in [1.54, 1.807) is 29.9 Å². The van der Waals surface area contributed by atoms with Crippen molar-refractivity contribution in [1.29, 1.82) is 0 Å². The Morgan fingerprint density at radius 2 is 1.56 bits per heavy atom. The molecule has 45 heavy (non-hydrogen) atoms. The number of carbonyl (C=O) groups is 2. The molecule has 6 N–H and O–H groups in total. The maximum atomic E-state index is 12.9. The van der Waals surface area contributed by atoms with E-state index in [1.165, 1.54) is 12.1 Å². The quantitative estimate of drug-likeness (QED) is 0.145. The zero-order valence-electron chi connectivity index (χ0n) is 23.1. The number of benzene rings is 1. The topological polar surface area (TPSA) is 215 Å². The number of sulfonamides is 1. The molecule has 3 rings (SSSR count). The minimum absolute atomic E-state index is 0.0619. The van der Waals surface area contributed by atoms with Crippen LogP contribution in [0.25, 0.3) is 0 Å². The Morgan fingerprint density at radius 1 is 1.00 bits per heavy atom. The SMILES string of the molecule is Cc1ncc(Cn2cc(CCNCCS(=O)(=O)NCc3ccc(F)cc3)nn2)c(N)n1.O=C(O)C(F)(F)F.O=C(O)C(F)(F)F. The number of nitrogens with two attached hydrogens (primary N) is 1. The summed E-state index contributed by atoms with van der Waals surface area (Å²) in [5.41, 5.74) is 8.12. The van der Waals surface area contributed by atoms with Gasteiger partial charge in [-0.25, -0.2) is 41.8 Å². The van der Waals surface area contributed by atoms with E-state index in [0.29, 0.717) is 43.3 Å². The second kappa shape index (κ2) is 17.2. The van der Waals surface area contributed by atoms with E-state index in [9.17, 15) is 39.2 Å². The molecule has 0 saturated heterocycles. The first-order chi connectivity index (χ1) is 20.7. The zero-order chi connectivity index (χ0) is 34.4. The summed E-state index contributed by atoms with van der Waals surface area (Å²) in [7, 11) is -3.43. The highest BCUT2D eigenvalue weighted by Gasteiger charge is 2.38. The first kappa shape index (κ1) is 38.6. The van der Waals surface area contributed by atoms with E-state index in [2.05, 4.69) is 30.3 Å². The molecule has 2 heterocycles. The summed E-state index contributed by atoms with van der Waals surface area (Å²) in [5, 5.41) is 25.5. The van der Waals surface area contributed by atoms with Crippen LogP contribution in [-0.2, 0) is 39.1 Å². The Kier molecular flexibility index (Phi) is 14.7. The Bertz CT molecular complexity index is 1480. The number of rotatable bonds is 11. The third-order valence-corrected chi connectivity index (χ3v) is 6.26. The molecule has 0 saturated carbocycles. The van der Waals surface area contributed by atoms with Crippen LogP contribution >= 0.6 is 0 Å². The number of hydrogen-bond acceptors (Lipinski definition) is 10. The Morgan fingerprint density at radius 3 is 2.07 bits per heavy atom. The number of aromatic nitrogens is 5. The Balaban J connectivity index is 0.000000601. The van der Waals surface area contributed by atoms with Crippen LogP contribution < -0.4 is 15.8 Å². The van der Waals surface area contributed by atoms with Crippen LogP contribution in [0.5, 0.6) is 0 Å². The lowest BCUT2D eigenvalue weighted by atomic mass is 10.2. The summed E-state index contributed by atoms with van der Waals surface area (Å²) in [6.07, 6.45) is -6.09. The third-order valence-electron chi connectivity index (χ3n) is 4.94. The molecule has 0 amide bonds. The molecular weight excluding hydrogens is 649 g/mol. The standard InChI is InChI=1S/C19H25FN8O2S.2C2HF3O2/c1-14-23-11-16(19(21)25-14)12-28-13-18(26-27-28)6-7-22-8-9-31(29,30)24-10-15-2-4-17(20)5-3-15;2*3-2(4,5)1(6)7/h2-5,11,13,22,24H,6-10,12H2,1H3,(H2,21,23,25);2*(H,6,7). The number of carboxylic acid groups (broad SMARTS) is 2. The number of aliphatic carboxylic acids is 2. The summed E-state index contributed by atoms with van der Waals surface area (Å²) in [6, 6.07) is 5.68. The molecule has 2 aromatic heterocycles. The fourth-order valence-corrected chi connectivity index (χ4v) is 3.70.